The van der Waals surface area contributed by atoms with E-state index in [-0.39, 0.29) is 42.1 Å². The summed E-state index contributed by atoms with van der Waals surface area (Å²) in [5.41, 5.74) is 2.45. The van der Waals surface area contributed by atoms with Crippen molar-refractivity contribution in [1.29, 1.82) is 0 Å². The van der Waals surface area contributed by atoms with Crippen molar-refractivity contribution in [2.45, 2.75) is 69.4 Å². The van der Waals surface area contributed by atoms with Crippen LogP contribution in [0.1, 0.15) is 71.2 Å². The summed E-state index contributed by atoms with van der Waals surface area (Å²) in [5.74, 6) is -1.88. The number of halogens is 3. The number of nitrogens with zero attached hydrogens (tertiary/aromatic N) is 4. The number of amides is 4. The molecule has 17 heteroatoms. The Morgan fingerprint density at radius 3 is 2.36 bits per heavy atom. The van der Waals surface area contributed by atoms with Crippen molar-refractivity contribution in [3.8, 4) is 22.8 Å². The number of hydrogen-bond acceptors (Lipinski definition) is 11. The van der Waals surface area contributed by atoms with Crippen LogP contribution in [0.3, 0.4) is 0 Å². The van der Waals surface area contributed by atoms with E-state index >= 15 is 0 Å². The van der Waals surface area contributed by atoms with Gasteiger partial charge in [-0.15, -0.1) is 0 Å². The number of pyridine rings is 2. The minimum absolute atomic E-state index is 0.0177. The molecule has 3 fully saturated rings. The van der Waals surface area contributed by atoms with Crippen molar-refractivity contribution < 1.29 is 51.3 Å². The van der Waals surface area contributed by atoms with Gasteiger partial charge in [0.1, 0.15) is 29.6 Å². The van der Waals surface area contributed by atoms with Gasteiger partial charge in [0.15, 0.2) is 0 Å². The number of nitrogens with one attached hydrogen (secondary N) is 2. The molecule has 9 rings (SSSR count). The Morgan fingerprint density at radius 2 is 1.61 bits per heavy atom. The maximum atomic E-state index is 13.6. The van der Waals surface area contributed by atoms with E-state index in [2.05, 4.69) is 25.2 Å². The van der Waals surface area contributed by atoms with Gasteiger partial charge in [0.2, 0.25) is 17.7 Å². The van der Waals surface area contributed by atoms with Crippen LogP contribution in [-0.2, 0) is 25.2 Å². The highest BCUT2D eigenvalue weighted by atomic mass is 19.4. The minimum Gasteiger partial charge on any atom is -0.488 e. The molecule has 1 unspecified atom stereocenters. The number of carbonyl (C=O) groups excluding carboxylic acids is 4. The molecule has 0 spiro atoms. The predicted molar refractivity (Wildman–Crippen MR) is 216 cm³/mol. The molecule has 4 amide bonds. The summed E-state index contributed by atoms with van der Waals surface area (Å²) in [6.45, 7) is 4.65. The number of ether oxygens (including phenoxy) is 4. The van der Waals surface area contributed by atoms with Crippen molar-refractivity contribution >= 4 is 45.4 Å². The first kappa shape index (κ1) is 41.8. The first-order valence-corrected chi connectivity index (χ1v) is 20.4. The third-order valence-electron chi connectivity index (χ3n) is 11.3. The molecule has 61 heavy (non-hydrogen) atoms. The van der Waals surface area contributed by atoms with Crippen LogP contribution in [0, 0.1) is 0 Å². The van der Waals surface area contributed by atoms with Crippen LogP contribution in [0.4, 0.5) is 13.2 Å². The molecule has 1 saturated carbocycles. The molecule has 6 heterocycles. The molecule has 320 valence electrons. The van der Waals surface area contributed by atoms with Gasteiger partial charge in [0, 0.05) is 98.9 Å². The summed E-state index contributed by atoms with van der Waals surface area (Å²) in [7, 11) is 1.68. The van der Waals surface area contributed by atoms with Crippen molar-refractivity contribution in [3.63, 3.8) is 0 Å². The van der Waals surface area contributed by atoms with E-state index < -0.39 is 41.4 Å². The fraction of sp³-hybridized carbons (Fsp3) is 0.409. The third-order valence-corrected chi connectivity index (χ3v) is 11.3. The summed E-state index contributed by atoms with van der Waals surface area (Å²) >= 11 is 0. The van der Waals surface area contributed by atoms with Crippen LogP contribution < -0.4 is 14.8 Å². The molecular weight excluding hydrogens is 798 g/mol. The van der Waals surface area contributed by atoms with E-state index in [1.54, 1.807) is 43.8 Å². The lowest BCUT2D eigenvalue weighted by molar-refractivity contribution is -0.140. The van der Waals surface area contributed by atoms with Gasteiger partial charge in [-0.3, -0.25) is 39.3 Å². The summed E-state index contributed by atoms with van der Waals surface area (Å²) < 4.78 is 62.7. The number of methoxy groups -OCH3 is 1. The van der Waals surface area contributed by atoms with Gasteiger partial charge in [0.05, 0.1) is 11.1 Å². The molecule has 14 nitrogen and oxygen atoms in total. The SMILES string of the molecule is COCCCOCCCN1CC(Oc2ccc3c(c2)C(=O)N(C2CCC(=O)NC2=O)C3=O)C1.FC(F)(F)c1cc(-c2ccc3c(c2)[nH]c2ccncc23)cnc1OC1CCC1. The van der Waals surface area contributed by atoms with E-state index in [1.807, 2.05) is 18.2 Å². The van der Waals surface area contributed by atoms with Gasteiger partial charge in [-0.1, -0.05) is 12.1 Å². The number of imide groups is 2. The first-order chi connectivity index (χ1) is 29.5. The number of piperidine rings is 1. The number of hydrogen-bond donors (Lipinski definition) is 2. The topological polar surface area (TPSA) is 165 Å². The summed E-state index contributed by atoms with van der Waals surface area (Å²) in [6, 6.07) is 12.3. The lowest BCUT2D eigenvalue weighted by atomic mass is 9.96. The fourth-order valence-electron chi connectivity index (χ4n) is 7.77. The van der Waals surface area contributed by atoms with Crippen molar-refractivity contribution in [2.24, 2.45) is 0 Å². The summed E-state index contributed by atoms with van der Waals surface area (Å²) in [6.07, 6.45) is 4.81. The molecule has 5 aromatic rings. The Bertz CT molecular complexity index is 2450. The Labute approximate surface area is 348 Å². The third kappa shape index (κ3) is 9.23. The van der Waals surface area contributed by atoms with E-state index in [0.717, 1.165) is 91.1 Å². The number of benzene rings is 2. The Kier molecular flexibility index (Phi) is 12.3. The Morgan fingerprint density at radius 1 is 0.803 bits per heavy atom. The van der Waals surface area contributed by atoms with Crippen molar-refractivity contribution in [2.75, 3.05) is 46.6 Å². The second kappa shape index (κ2) is 18.0. The smallest absolute Gasteiger partial charge is 0.421 e. The van der Waals surface area contributed by atoms with Crippen LogP contribution in [0.5, 0.6) is 11.6 Å². The Balaban J connectivity index is 0.000000170. The molecule has 1 atom stereocenters. The molecule has 1 aliphatic carbocycles. The van der Waals surface area contributed by atoms with Crippen molar-refractivity contribution in [3.05, 3.63) is 83.8 Å². The maximum Gasteiger partial charge on any atom is 0.421 e. The molecule has 2 saturated heterocycles. The molecule has 0 radical (unpaired) electrons. The van der Waals surface area contributed by atoms with Crippen LogP contribution in [0.25, 0.3) is 32.9 Å². The van der Waals surface area contributed by atoms with E-state index in [4.69, 9.17) is 18.9 Å². The first-order valence-electron chi connectivity index (χ1n) is 20.4. The highest BCUT2D eigenvalue weighted by Gasteiger charge is 2.45. The Hall–Kier alpha value is -5.91. The van der Waals surface area contributed by atoms with Gasteiger partial charge < -0.3 is 23.9 Å². The highest BCUT2D eigenvalue weighted by molar-refractivity contribution is 6.23. The molecule has 0 bridgehead atoms. The summed E-state index contributed by atoms with van der Waals surface area (Å²) in [5, 5.41) is 4.14. The van der Waals surface area contributed by atoms with Gasteiger partial charge in [-0.2, -0.15) is 13.2 Å². The number of alkyl halides is 3. The van der Waals surface area contributed by atoms with E-state index in [1.165, 1.54) is 6.20 Å². The quantitative estimate of drug-likeness (QED) is 0.0950. The zero-order chi connectivity index (χ0) is 42.7. The molecule has 3 aliphatic heterocycles. The van der Waals surface area contributed by atoms with Gasteiger partial charge >= 0.3 is 6.18 Å². The molecule has 2 N–H and O–H groups in total. The predicted octanol–water partition coefficient (Wildman–Crippen LogP) is 6.32. The van der Waals surface area contributed by atoms with Crippen molar-refractivity contribution in [1.82, 2.24) is 30.1 Å². The number of H-pyrrole nitrogens is 1. The lowest BCUT2D eigenvalue weighted by Gasteiger charge is -2.39. The number of aromatic nitrogens is 3. The standard InChI is InChI=1S/C23H29N3O7.C21H16F3N3O/c1-31-9-3-11-32-10-2-8-25-13-16(14-25)33-15-4-5-17-18(12-15)23(30)26(22(17)29)19-6-7-20(27)24-21(19)28;22-21(23,24)17-8-13(10-26-20(17)28-14-2-1-3-14)12-4-5-15-16-11-25-7-6-18(16)27-19(15)9-12/h4-5,12,16,19H,2-3,6-11,13-14H2,1H3,(H,24,27,28);4-11,14,27H,1-3H2. The zero-order valence-corrected chi connectivity index (χ0v) is 33.5. The second-order valence-corrected chi connectivity index (χ2v) is 15.5. The lowest BCUT2D eigenvalue weighted by Crippen LogP contribution is -2.54. The number of rotatable bonds is 14. The van der Waals surface area contributed by atoms with Crippen LogP contribution in [0.2, 0.25) is 0 Å². The molecule has 4 aliphatic rings. The number of fused-ring (bicyclic) bond motifs is 4. The second-order valence-electron chi connectivity index (χ2n) is 15.5. The number of likely N-dealkylation sites (tertiary alicyclic amines) is 1. The normalized spacial score (nSPS) is 18.4. The largest absolute Gasteiger partial charge is 0.488 e. The van der Waals surface area contributed by atoms with Gasteiger partial charge in [-0.25, -0.2) is 4.98 Å². The number of aromatic amines is 1. The van der Waals surface area contributed by atoms with Crippen LogP contribution in [-0.4, -0.2) is 113 Å². The summed E-state index contributed by atoms with van der Waals surface area (Å²) in [4.78, 5) is 63.8. The van der Waals surface area contributed by atoms with Gasteiger partial charge in [0.25, 0.3) is 11.8 Å². The molecular formula is C44H45F3N6O8. The average Bonchev–Trinajstić information content (AvgIpc) is 3.70. The molecule has 3 aromatic heterocycles. The fourth-order valence-corrected chi connectivity index (χ4v) is 7.77. The molecule has 2 aromatic carbocycles. The van der Waals surface area contributed by atoms with E-state index in [9.17, 15) is 32.3 Å². The van der Waals surface area contributed by atoms with Crippen LogP contribution >= 0.6 is 0 Å². The maximum absolute atomic E-state index is 13.6. The average molecular weight is 843 g/mol. The van der Waals surface area contributed by atoms with Gasteiger partial charge in [-0.05, 0) is 80.5 Å². The van der Waals surface area contributed by atoms with E-state index in [0.29, 0.717) is 30.1 Å². The van der Waals surface area contributed by atoms with Crippen LogP contribution in [0.15, 0.2) is 67.1 Å². The monoisotopic (exact) mass is 842 g/mol. The number of carbonyl (C=O) groups is 4. The highest BCUT2D eigenvalue weighted by Crippen LogP contribution is 2.40. The zero-order valence-electron chi connectivity index (χ0n) is 33.5. The minimum atomic E-state index is -4.53.